The standard InChI is InChI=1S/C9H7N2/c1-2-8-7-5-3-4-6-9(7)11-10-8/h1-6H,(H,10,11). The summed E-state index contributed by atoms with van der Waals surface area (Å²) in [5.74, 6) is 0. The number of hydrogen-bond acceptors (Lipinski definition) is 1. The third-order valence-electron chi connectivity index (χ3n) is 1.66. The number of nitrogens with one attached hydrogen (secondary N) is 1. The highest BCUT2D eigenvalue weighted by atomic mass is 15.1. The minimum Gasteiger partial charge on any atom is -0.277 e. The minimum atomic E-state index is 0.806. The number of H-pyrrole nitrogens is 1. The van der Waals surface area contributed by atoms with Crippen molar-refractivity contribution in [2.24, 2.45) is 0 Å². The Morgan fingerprint density at radius 3 is 3.00 bits per heavy atom. The van der Waals surface area contributed by atoms with Gasteiger partial charge in [-0.2, -0.15) is 5.10 Å². The Morgan fingerprint density at radius 2 is 2.18 bits per heavy atom. The van der Waals surface area contributed by atoms with Crippen LogP contribution in [0.1, 0.15) is 5.69 Å². The molecule has 1 radical (unpaired) electrons. The first kappa shape index (κ1) is 6.16. The van der Waals surface area contributed by atoms with E-state index in [-0.39, 0.29) is 0 Å². The molecule has 0 atom stereocenters. The Labute approximate surface area is 64.6 Å². The van der Waals surface area contributed by atoms with Gasteiger partial charge in [0.15, 0.2) is 0 Å². The molecule has 1 aromatic carbocycles. The van der Waals surface area contributed by atoms with E-state index in [9.17, 15) is 0 Å². The molecule has 0 fully saturated rings. The third kappa shape index (κ3) is 0.835. The number of aromatic nitrogens is 2. The van der Waals surface area contributed by atoms with E-state index in [1.807, 2.05) is 24.3 Å². The predicted octanol–water partition coefficient (Wildman–Crippen LogP) is 2.01. The highest BCUT2D eigenvalue weighted by molar-refractivity contribution is 5.85. The first-order valence-electron chi connectivity index (χ1n) is 3.40. The van der Waals surface area contributed by atoms with Gasteiger partial charge in [0, 0.05) is 5.39 Å². The SMILES string of the molecule is [CH]=Cc1n[nH]c2ccccc12. The van der Waals surface area contributed by atoms with Crippen molar-refractivity contribution in [3.8, 4) is 0 Å². The second-order valence-corrected chi connectivity index (χ2v) is 2.32. The Bertz CT molecular complexity index is 387. The van der Waals surface area contributed by atoms with Gasteiger partial charge >= 0.3 is 0 Å². The fraction of sp³-hybridized carbons (Fsp3) is 0. The summed E-state index contributed by atoms with van der Waals surface area (Å²) in [4.78, 5) is 0. The number of nitrogens with zero attached hydrogens (tertiary/aromatic N) is 1. The van der Waals surface area contributed by atoms with E-state index in [2.05, 4.69) is 10.2 Å². The monoisotopic (exact) mass is 143 g/mol. The van der Waals surface area contributed by atoms with Crippen LogP contribution in [0.5, 0.6) is 0 Å². The van der Waals surface area contributed by atoms with Crippen LogP contribution in [0.3, 0.4) is 0 Å². The van der Waals surface area contributed by atoms with Crippen molar-refractivity contribution in [3.63, 3.8) is 0 Å². The van der Waals surface area contributed by atoms with Crippen LogP contribution >= 0.6 is 0 Å². The van der Waals surface area contributed by atoms with E-state index in [1.54, 1.807) is 0 Å². The molecular weight excluding hydrogens is 136 g/mol. The van der Waals surface area contributed by atoms with Crippen LogP contribution in [-0.2, 0) is 0 Å². The second kappa shape index (κ2) is 2.23. The van der Waals surface area contributed by atoms with Gasteiger partial charge in [-0.3, -0.25) is 5.10 Å². The van der Waals surface area contributed by atoms with Crippen molar-refractivity contribution in [1.29, 1.82) is 0 Å². The topological polar surface area (TPSA) is 28.7 Å². The summed E-state index contributed by atoms with van der Waals surface area (Å²) in [6, 6.07) is 7.87. The summed E-state index contributed by atoms with van der Waals surface area (Å²) in [5.41, 5.74) is 1.82. The van der Waals surface area contributed by atoms with Crippen molar-refractivity contribution >= 4 is 17.0 Å². The molecule has 1 aromatic heterocycles. The van der Waals surface area contributed by atoms with Gasteiger partial charge in [-0.25, -0.2) is 0 Å². The molecule has 2 aromatic rings. The quantitative estimate of drug-likeness (QED) is 0.649. The van der Waals surface area contributed by atoms with E-state index in [1.165, 1.54) is 6.08 Å². The maximum absolute atomic E-state index is 5.35. The molecule has 0 saturated carbocycles. The summed E-state index contributed by atoms with van der Waals surface area (Å²) in [5, 5.41) is 7.95. The van der Waals surface area contributed by atoms with Gasteiger partial charge in [0.05, 0.1) is 11.2 Å². The molecule has 2 heteroatoms. The number of fused-ring (bicyclic) bond motifs is 1. The zero-order valence-electron chi connectivity index (χ0n) is 5.91. The lowest BCUT2D eigenvalue weighted by Gasteiger charge is -1.85. The molecule has 2 nitrogen and oxygen atoms in total. The normalized spacial score (nSPS) is 10.2. The zero-order chi connectivity index (χ0) is 7.68. The minimum absolute atomic E-state index is 0.806. The van der Waals surface area contributed by atoms with Crippen molar-refractivity contribution in [2.45, 2.75) is 0 Å². The highest BCUT2D eigenvalue weighted by Gasteiger charge is 1.98. The van der Waals surface area contributed by atoms with Gasteiger partial charge < -0.3 is 0 Å². The van der Waals surface area contributed by atoms with Gasteiger partial charge in [0.25, 0.3) is 0 Å². The Hall–Kier alpha value is -1.57. The number of rotatable bonds is 1. The molecule has 0 unspecified atom stereocenters. The molecule has 1 heterocycles. The first-order chi connectivity index (χ1) is 5.42. The predicted molar refractivity (Wildman–Crippen MR) is 44.9 cm³/mol. The number of hydrogen-bond donors (Lipinski definition) is 1. The summed E-state index contributed by atoms with van der Waals surface area (Å²) in [6.07, 6.45) is 1.50. The molecular formula is C9H7N2. The summed E-state index contributed by atoms with van der Waals surface area (Å²) in [7, 11) is 0. The maximum atomic E-state index is 5.35. The molecule has 0 aliphatic heterocycles. The largest absolute Gasteiger partial charge is 0.277 e. The summed E-state index contributed by atoms with van der Waals surface area (Å²) in [6.45, 7) is 5.35. The third-order valence-corrected chi connectivity index (χ3v) is 1.66. The molecule has 0 spiro atoms. The molecule has 0 saturated heterocycles. The van der Waals surface area contributed by atoms with Gasteiger partial charge in [-0.15, -0.1) is 0 Å². The van der Waals surface area contributed by atoms with Crippen LogP contribution in [0, 0.1) is 6.58 Å². The number of aromatic amines is 1. The van der Waals surface area contributed by atoms with E-state index < -0.39 is 0 Å². The highest BCUT2D eigenvalue weighted by Crippen LogP contribution is 2.14. The Balaban J connectivity index is 2.86. The van der Waals surface area contributed by atoms with Crippen LogP contribution in [0.2, 0.25) is 0 Å². The fourth-order valence-corrected chi connectivity index (χ4v) is 1.11. The van der Waals surface area contributed by atoms with E-state index in [0.29, 0.717) is 0 Å². The van der Waals surface area contributed by atoms with Crippen LogP contribution < -0.4 is 0 Å². The first-order valence-corrected chi connectivity index (χ1v) is 3.40. The lowest BCUT2D eigenvalue weighted by molar-refractivity contribution is 1.11. The second-order valence-electron chi connectivity index (χ2n) is 2.32. The lowest BCUT2D eigenvalue weighted by atomic mass is 10.2. The summed E-state index contributed by atoms with van der Waals surface area (Å²) >= 11 is 0. The molecule has 2 rings (SSSR count). The zero-order valence-corrected chi connectivity index (χ0v) is 5.91. The molecule has 0 aliphatic rings. The van der Waals surface area contributed by atoms with Crippen molar-refractivity contribution < 1.29 is 0 Å². The maximum Gasteiger partial charge on any atom is 0.0927 e. The van der Waals surface area contributed by atoms with Gasteiger partial charge in [-0.1, -0.05) is 24.8 Å². The van der Waals surface area contributed by atoms with Gasteiger partial charge in [0.1, 0.15) is 0 Å². The number of para-hydroxylation sites is 1. The molecule has 1 N–H and O–H groups in total. The van der Waals surface area contributed by atoms with E-state index in [0.717, 1.165) is 16.6 Å². The van der Waals surface area contributed by atoms with Crippen molar-refractivity contribution in [3.05, 3.63) is 36.5 Å². The van der Waals surface area contributed by atoms with Crippen LogP contribution in [-0.4, -0.2) is 10.2 Å². The molecule has 0 bridgehead atoms. The molecule has 53 valence electrons. The van der Waals surface area contributed by atoms with Gasteiger partial charge in [0.2, 0.25) is 0 Å². The van der Waals surface area contributed by atoms with Gasteiger partial charge in [-0.05, 0) is 12.1 Å². The average Bonchev–Trinajstić information content (AvgIpc) is 2.47. The van der Waals surface area contributed by atoms with E-state index >= 15 is 0 Å². The fourth-order valence-electron chi connectivity index (χ4n) is 1.11. The molecule has 11 heavy (non-hydrogen) atoms. The van der Waals surface area contributed by atoms with Crippen molar-refractivity contribution in [2.75, 3.05) is 0 Å². The Morgan fingerprint density at radius 1 is 1.36 bits per heavy atom. The lowest BCUT2D eigenvalue weighted by Crippen LogP contribution is -1.68. The summed E-state index contributed by atoms with van der Waals surface area (Å²) < 4.78 is 0. The average molecular weight is 143 g/mol. The van der Waals surface area contributed by atoms with Crippen molar-refractivity contribution in [1.82, 2.24) is 10.2 Å². The molecule has 0 aliphatic carbocycles. The molecule has 0 amide bonds. The smallest absolute Gasteiger partial charge is 0.0927 e. The Kier molecular flexibility index (Phi) is 1.25. The number of benzene rings is 1. The van der Waals surface area contributed by atoms with Crippen LogP contribution in [0.25, 0.3) is 17.0 Å². The van der Waals surface area contributed by atoms with E-state index in [4.69, 9.17) is 6.58 Å². The van der Waals surface area contributed by atoms with Crippen LogP contribution in [0.4, 0.5) is 0 Å². The van der Waals surface area contributed by atoms with Crippen LogP contribution in [0.15, 0.2) is 24.3 Å².